The van der Waals surface area contributed by atoms with Crippen LogP contribution in [0.4, 0.5) is 0 Å². The molecule has 0 bridgehead atoms. The Morgan fingerprint density at radius 3 is 2.86 bits per heavy atom. The lowest BCUT2D eigenvalue weighted by Gasteiger charge is -2.31. The fourth-order valence-corrected chi connectivity index (χ4v) is 4.27. The average Bonchev–Trinajstić information content (AvgIpc) is 2.47. The zero-order chi connectivity index (χ0) is 15.3. The van der Waals surface area contributed by atoms with Gasteiger partial charge in [-0.1, -0.05) is 19.4 Å². The predicted octanol–water partition coefficient (Wildman–Crippen LogP) is 1.47. The van der Waals surface area contributed by atoms with Gasteiger partial charge in [-0.15, -0.1) is 0 Å². The zero-order valence-corrected chi connectivity index (χ0v) is 13.1. The van der Waals surface area contributed by atoms with Crippen molar-refractivity contribution in [3.05, 3.63) is 34.2 Å². The minimum atomic E-state index is -3.09. The standard InChI is InChI=1S/C14H23N2O4P/c1-2-3-6-21(18,19)10-12-8-15-13(9-20-12)11-4-5-14(17)16-7-11/h4-5,7,12-13,15H,2-3,6,8-10H2,1H3,(H,16,17)(H,18,19)/t12-,13+/m1/s1. The quantitative estimate of drug-likeness (QED) is 0.692. The summed E-state index contributed by atoms with van der Waals surface area (Å²) < 4.78 is 17.7. The Morgan fingerprint density at radius 2 is 2.29 bits per heavy atom. The Bertz CT molecular complexity index is 532. The van der Waals surface area contributed by atoms with Gasteiger partial charge < -0.3 is 19.9 Å². The summed E-state index contributed by atoms with van der Waals surface area (Å²) in [5.74, 6) is 0. The molecule has 1 aliphatic rings. The van der Waals surface area contributed by atoms with Gasteiger partial charge in [0.2, 0.25) is 12.9 Å². The monoisotopic (exact) mass is 314 g/mol. The topological polar surface area (TPSA) is 91.4 Å². The number of rotatable bonds is 6. The number of pyridine rings is 1. The van der Waals surface area contributed by atoms with Gasteiger partial charge in [0.15, 0.2) is 0 Å². The van der Waals surface area contributed by atoms with Gasteiger partial charge in [-0.05, 0) is 12.0 Å². The summed E-state index contributed by atoms with van der Waals surface area (Å²) in [6, 6.07) is 3.25. The fraction of sp³-hybridized carbons (Fsp3) is 0.643. The van der Waals surface area contributed by atoms with Crippen LogP contribution < -0.4 is 10.9 Å². The van der Waals surface area contributed by atoms with E-state index in [4.69, 9.17) is 4.74 Å². The van der Waals surface area contributed by atoms with Gasteiger partial charge in [-0.25, -0.2) is 0 Å². The smallest absolute Gasteiger partial charge is 0.247 e. The Morgan fingerprint density at radius 1 is 1.48 bits per heavy atom. The van der Waals surface area contributed by atoms with E-state index in [-0.39, 0.29) is 23.9 Å². The summed E-state index contributed by atoms with van der Waals surface area (Å²) in [4.78, 5) is 23.6. The van der Waals surface area contributed by atoms with E-state index in [1.54, 1.807) is 12.3 Å². The van der Waals surface area contributed by atoms with Gasteiger partial charge in [0.1, 0.15) is 0 Å². The molecule has 0 aliphatic carbocycles. The number of hydrogen-bond donors (Lipinski definition) is 3. The molecule has 1 aromatic heterocycles. The highest BCUT2D eigenvalue weighted by Gasteiger charge is 2.28. The molecule has 3 N–H and O–H groups in total. The molecule has 1 aliphatic heterocycles. The van der Waals surface area contributed by atoms with E-state index >= 15 is 0 Å². The molecule has 1 saturated heterocycles. The lowest BCUT2D eigenvalue weighted by Crippen LogP contribution is -2.43. The van der Waals surface area contributed by atoms with E-state index < -0.39 is 7.37 Å². The largest absolute Gasteiger partial charge is 0.374 e. The molecule has 1 aromatic rings. The van der Waals surface area contributed by atoms with E-state index in [2.05, 4.69) is 10.3 Å². The van der Waals surface area contributed by atoms with Crippen LogP contribution in [-0.4, -0.2) is 41.5 Å². The fourth-order valence-electron chi connectivity index (χ4n) is 2.41. The molecule has 1 unspecified atom stereocenters. The normalized spacial score (nSPS) is 25.4. The van der Waals surface area contributed by atoms with Crippen molar-refractivity contribution in [3.8, 4) is 0 Å². The third-order valence-corrected chi connectivity index (χ3v) is 5.64. The minimum absolute atomic E-state index is 0.00631. The number of hydrogen-bond acceptors (Lipinski definition) is 4. The summed E-state index contributed by atoms with van der Waals surface area (Å²) in [5.41, 5.74) is 0.816. The Hall–Kier alpha value is -0.940. The molecule has 2 heterocycles. The minimum Gasteiger partial charge on any atom is -0.374 e. The number of morpholine rings is 1. The highest BCUT2D eigenvalue weighted by molar-refractivity contribution is 7.58. The molecule has 3 atom stereocenters. The molecule has 6 nitrogen and oxygen atoms in total. The van der Waals surface area contributed by atoms with Crippen molar-refractivity contribution < 1.29 is 14.2 Å². The van der Waals surface area contributed by atoms with Crippen LogP contribution in [0.5, 0.6) is 0 Å². The van der Waals surface area contributed by atoms with E-state index in [0.717, 1.165) is 18.4 Å². The van der Waals surface area contributed by atoms with Gasteiger partial charge in [0.25, 0.3) is 0 Å². The number of unbranched alkanes of at least 4 members (excludes halogenated alkanes) is 1. The van der Waals surface area contributed by atoms with Gasteiger partial charge >= 0.3 is 0 Å². The highest BCUT2D eigenvalue weighted by atomic mass is 31.2. The second-order valence-corrected chi connectivity index (χ2v) is 8.01. The second-order valence-electron chi connectivity index (χ2n) is 5.51. The van der Waals surface area contributed by atoms with Crippen molar-refractivity contribution in [2.75, 3.05) is 25.5 Å². The molecule has 0 amide bonds. The summed E-state index contributed by atoms with van der Waals surface area (Å²) in [6.45, 7) is 2.98. The number of aromatic nitrogens is 1. The first-order valence-electron chi connectivity index (χ1n) is 7.34. The first kappa shape index (κ1) is 16.4. The third kappa shape index (κ3) is 5.08. The molecule has 118 valence electrons. The molecule has 0 radical (unpaired) electrons. The molecular weight excluding hydrogens is 291 g/mol. The van der Waals surface area contributed by atoms with Crippen LogP contribution in [0.3, 0.4) is 0 Å². The Labute approximate surface area is 124 Å². The van der Waals surface area contributed by atoms with Crippen molar-refractivity contribution in [3.63, 3.8) is 0 Å². The van der Waals surface area contributed by atoms with Gasteiger partial charge in [-0.2, -0.15) is 0 Å². The first-order chi connectivity index (χ1) is 10.00. The zero-order valence-electron chi connectivity index (χ0n) is 12.2. The molecule has 0 saturated carbocycles. The summed E-state index contributed by atoms with van der Waals surface area (Å²) in [7, 11) is -3.09. The van der Waals surface area contributed by atoms with E-state index in [1.807, 2.05) is 6.92 Å². The molecule has 0 aromatic carbocycles. The molecular formula is C14H23N2O4P. The highest BCUT2D eigenvalue weighted by Crippen LogP contribution is 2.42. The average molecular weight is 314 g/mol. The van der Waals surface area contributed by atoms with Gasteiger partial charge in [-0.3, -0.25) is 9.36 Å². The molecule has 0 spiro atoms. The van der Waals surface area contributed by atoms with Gasteiger partial charge in [0.05, 0.1) is 24.9 Å². The third-order valence-electron chi connectivity index (χ3n) is 3.65. The second kappa shape index (κ2) is 7.36. The number of ether oxygens (including phenoxy) is 1. The molecule has 21 heavy (non-hydrogen) atoms. The van der Waals surface area contributed by atoms with Crippen LogP contribution in [-0.2, 0) is 9.30 Å². The maximum atomic E-state index is 12.0. The summed E-state index contributed by atoms with van der Waals surface area (Å²) in [6.07, 6.45) is 3.71. The predicted molar refractivity (Wildman–Crippen MR) is 82.0 cm³/mol. The van der Waals surface area contributed by atoms with Gasteiger partial charge in [0, 0.05) is 25.0 Å². The van der Waals surface area contributed by atoms with Crippen molar-refractivity contribution in [1.82, 2.24) is 10.3 Å². The van der Waals surface area contributed by atoms with Crippen LogP contribution in [0.15, 0.2) is 23.1 Å². The van der Waals surface area contributed by atoms with Crippen LogP contribution in [0.1, 0.15) is 31.4 Å². The Kier molecular flexibility index (Phi) is 5.76. The van der Waals surface area contributed by atoms with Crippen LogP contribution in [0.25, 0.3) is 0 Å². The van der Waals surface area contributed by atoms with Crippen LogP contribution in [0, 0.1) is 0 Å². The molecule has 2 rings (SSSR count). The van der Waals surface area contributed by atoms with E-state index in [0.29, 0.717) is 19.3 Å². The molecule has 7 heteroatoms. The van der Waals surface area contributed by atoms with Crippen molar-refractivity contribution in [2.24, 2.45) is 0 Å². The van der Waals surface area contributed by atoms with Crippen molar-refractivity contribution in [2.45, 2.75) is 31.9 Å². The van der Waals surface area contributed by atoms with E-state index in [1.165, 1.54) is 6.07 Å². The van der Waals surface area contributed by atoms with Crippen molar-refractivity contribution in [1.29, 1.82) is 0 Å². The lowest BCUT2D eigenvalue weighted by molar-refractivity contribution is 0.0156. The number of nitrogens with one attached hydrogen (secondary N) is 2. The van der Waals surface area contributed by atoms with Crippen LogP contribution in [0.2, 0.25) is 0 Å². The lowest BCUT2D eigenvalue weighted by atomic mass is 10.1. The number of aromatic amines is 1. The van der Waals surface area contributed by atoms with Crippen LogP contribution >= 0.6 is 7.37 Å². The maximum Gasteiger partial charge on any atom is 0.247 e. The SMILES string of the molecule is CCCCP(=O)(O)C[C@H]1CN[C@H](c2ccc(=O)[nH]c2)CO1. The van der Waals surface area contributed by atoms with E-state index in [9.17, 15) is 14.3 Å². The molecule has 1 fully saturated rings. The summed E-state index contributed by atoms with van der Waals surface area (Å²) in [5, 5.41) is 3.30. The Balaban J connectivity index is 1.84. The summed E-state index contributed by atoms with van der Waals surface area (Å²) >= 11 is 0. The van der Waals surface area contributed by atoms with Crippen molar-refractivity contribution >= 4 is 7.37 Å². The maximum absolute atomic E-state index is 12.0. The number of H-pyrrole nitrogens is 1. The first-order valence-corrected chi connectivity index (χ1v) is 9.37.